The second kappa shape index (κ2) is 20.8. The first-order valence-electron chi connectivity index (χ1n) is 20.8. The number of carboxylic acids is 1. The largest absolute Gasteiger partial charge is 0.481 e. The van der Waals surface area contributed by atoms with Crippen molar-refractivity contribution in [1.82, 2.24) is 0 Å². The summed E-state index contributed by atoms with van der Waals surface area (Å²) in [6.45, 7) is -1.16. The molecule has 60 heavy (non-hydrogen) atoms. The highest BCUT2D eigenvalue weighted by atomic mass is 16.7. The molecular formula is C39H60O21. The average molecular weight is 865 g/mol. The Morgan fingerprint density at radius 3 is 1.83 bits per heavy atom. The Morgan fingerprint density at radius 2 is 1.22 bits per heavy atom. The third-order valence-corrected chi connectivity index (χ3v) is 12.8. The Kier molecular flexibility index (Phi) is 16.3. The van der Waals surface area contributed by atoms with Crippen LogP contribution in [-0.4, -0.2) is 198 Å². The van der Waals surface area contributed by atoms with E-state index in [0.717, 1.165) is 0 Å². The van der Waals surface area contributed by atoms with Gasteiger partial charge in [-0.15, -0.1) is 0 Å². The van der Waals surface area contributed by atoms with Crippen LogP contribution < -0.4 is 0 Å². The number of esters is 2. The van der Waals surface area contributed by atoms with Crippen LogP contribution in [0.5, 0.6) is 0 Å². The van der Waals surface area contributed by atoms with Gasteiger partial charge in [0.05, 0.1) is 48.8 Å². The second-order valence-corrected chi connectivity index (χ2v) is 17.1. The van der Waals surface area contributed by atoms with E-state index in [0.29, 0.717) is 38.5 Å². The van der Waals surface area contributed by atoms with Crippen molar-refractivity contribution < 1.29 is 104 Å². The summed E-state index contributed by atoms with van der Waals surface area (Å²) in [7, 11) is 0. The summed E-state index contributed by atoms with van der Waals surface area (Å²) in [4.78, 5) is 35.2. The summed E-state index contributed by atoms with van der Waals surface area (Å²) >= 11 is 0. The monoisotopic (exact) mass is 864 g/mol. The van der Waals surface area contributed by atoms with Crippen molar-refractivity contribution in [3.05, 3.63) is 12.2 Å². The maximum absolute atomic E-state index is 12.5. The zero-order chi connectivity index (χ0) is 43.4. The number of ether oxygens (including phenoxy) is 7. The third-order valence-electron chi connectivity index (χ3n) is 12.8. The molecule has 0 radical (unpaired) electrons. The Labute approximate surface area is 345 Å². The standard InChI is InChI=1S/C39H60O21/c40-18-5-3-17(4-6-18)37-25(58-39-36(53)34(51)32(49)27(60-39)15-55-30(47)13-28(44)45)12-20-22(42)10-19(11-24(20)57-37)56-38-35(52)33(50)31(48)26(59-38)14-54-29(46)8-2-16-1-7-21(41)23(43)9-16/h2,8,16-27,31-43,48-53H,1,3-7,9-15H2,(H,44,45). The first-order chi connectivity index (χ1) is 28.5. The smallest absolute Gasteiger partial charge is 0.330 e. The molecule has 0 amide bonds. The SMILES string of the molecule is O=C(O)CC(=O)OCC1OC(OC2CC3C(O)CC(OC4OC(COC(=O)C=CC5CCC(O)C(O)C5)C(O)C(O)C4O)CC3OC2C2CCC(O)CC2)C(O)C(O)C1O. The van der Waals surface area contributed by atoms with Crippen LogP contribution in [0.25, 0.3) is 0 Å². The Morgan fingerprint density at radius 1 is 0.600 bits per heavy atom. The Hall–Kier alpha value is -2.45. The zero-order valence-corrected chi connectivity index (χ0v) is 33.0. The van der Waals surface area contributed by atoms with Crippen molar-refractivity contribution in [1.29, 1.82) is 0 Å². The molecule has 21 nitrogen and oxygen atoms in total. The molecule has 19 atom stereocenters. The van der Waals surface area contributed by atoms with Crippen molar-refractivity contribution >= 4 is 17.9 Å². The maximum atomic E-state index is 12.5. The van der Waals surface area contributed by atoms with E-state index < -0.39 is 154 Å². The van der Waals surface area contributed by atoms with Crippen molar-refractivity contribution in [2.45, 2.75) is 181 Å². The number of aliphatic hydroxyl groups excluding tert-OH is 10. The fraction of sp³-hybridized carbons (Fsp3) is 0.872. The number of aliphatic carboxylic acids is 1. The molecular weight excluding hydrogens is 804 g/mol. The molecule has 11 N–H and O–H groups in total. The molecule has 342 valence electrons. The van der Waals surface area contributed by atoms with E-state index in [4.69, 9.17) is 38.3 Å². The van der Waals surface area contributed by atoms with Gasteiger partial charge in [0.25, 0.3) is 0 Å². The molecule has 0 aromatic heterocycles. The van der Waals surface area contributed by atoms with Crippen LogP contribution in [0.2, 0.25) is 0 Å². The molecule has 21 heteroatoms. The van der Waals surface area contributed by atoms with Crippen LogP contribution in [0.4, 0.5) is 0 Å². The van der Waals surface area contributed by atoms with Crippen molar-refractivity contribution in [2.75, 3.05) is 13.2 Å². The van der Waals surface area contributed by atoms with Gasteiger partial charge in [0.15, 0.2) is 12.6 Å². The number of carbonyl (C=O) groups is 3. The predicted molar refractivity (Wildman–Crippen MR) is 196 cm³/mol. The number of allylic oxidation sites excluding steroid dienone is 1. The van der Waals surface area contributed by atoms with E-state index in [-0.39, 0.29) is 37.5 Å². The number of carbonyl (C=O) groups excluding carboxylic acids is 2. The number of aliphatic hydroxyl groups is 10. The predicted octanol–water partition coefficient (Wildman–Crippen LogP) is -3.51. The minimum Gasteiger partial charge on any atom is -0.481 e. The molecule has 3 saturated carbocycles. The molecule has 6 rings (SSSR count). The highest BCUT2D eigenvalue weighted by Gasteiger charge is 2.53. The molecule has 3 aliphatic carbocycles. The van der Waals surface area contributed by atoms with Crippen molar-refractivity contribution in [3.63, 3.8) is 0 Å². The van der Waals surface area contributed by atoms with E-state index in [2.05, 4.69) is 0 Å². The molecule has 19 unspecified atom stereocenters. The summed E-state index contributed by atoms with van der Waals surface area (Å²) in [5.41, 5.74) is 0. The average Bonchev–Trinajstić information content (AvgIpc) is 3.20. The number of hydrogen-bond donors (Lipinski definition) is 11. The van der Waals surface area contributed by atoms with E-state index >= 15 is 0 Å². The van der Waals surface area contributed by atoms with E-state index in [1.165, 1.54) is 6.08 Å². The molecule has 0 aromatic carbocycles. The minimum atomic E-state index is -1.80. The summed E-state index contributed by atoms with van der Waals surface area (Å²) in [5.74, 6) is -4.20. The molecule has 6 aliphatic rings. The maximum Gasteiger partial charge on any atom is 0.330 e. The van der Waals surface area contributed by atoms with Gasteiger partial charge in [-0.2, -0.15) is 0 Å². The van der Waals surface area contributed by atoms with Gasteiger partial charge in [-0.05, 0) is 63.2 Å². The summed E-state index contributed by atoms with van der Waals surface area (Å²) < 4.78 is 40.7. The van der Waals surface area contributed by atoms with E-state index in [1.54, 1.807) is 6.08 Å². The summed E-state index contributed by atoms with van der Waals surface area (Å²) in [6, 6.07) is 0. The number of fused-ring (bicyclic) bond motifs is 1. The fourth-order valence-corrected chi connectivity index (χ4v) is 9.28. The van der Waals surface area contributed by atoms with Crippen molar-refractivity contribution in [2.24, 2.45) is 17.8 Å². The molecule has 0 aromatic rings. The van der Waals surface area contributed by atoms with Crippen LogP contribution in [0.1, 0.15) is 70.6 Å². The lowest BCUT2D eigenvalue weighted by molar-refractivity contribution is -0.338. The van der Waals surface area contributed by atoms with Gasteiger partial charge in [0, 0.05) is 24.8 Å². The van der Waals surface area contributed by atoms with Crippen LogP contribution in [0.3, 0.4) is 0 Å². The van der Waals surface area contributed by atoms with Gasteiger partial charge in [0.2, 0.25) is 0 Å². The minimum absolute atomic E-state index is 0.0113. The molecule has 6 fully saturated rings. The topological polar surface area (TPSA) is 338 Å². The fourth-order valence-electron chi connectivity index (χ4n) is 9.28. The highest BCUT2D eigenvalue weighted by molar-refractivity contribution is 5.90. The molecule has 0 spiro atoms. The van der Waals surface area contributed by atoms with Gasteiger partial charge < -0.3 is 89.3 Å². The number of rotatable bonds is 13. The van der Waals surface area contributed by atoms with Gasteiger partial charge >= 0.3 is 17.9 Å². The Balaban J connectivity index is 1.08. The highest BCUT2D eigenvalue weighted by Crippen LogP contribution is 2.44. The zero-order valence-electron chi connectivity index (χ0n) is 33.0. The lowest BCUT2D eigenvalue weighted by Crippen LogP contribution is -2.62. The third kappa shape index (κ3) is 11.6. The van der Waals surface area contributed by atoms with E-state index in [9.17, 15) is 65.4 Å². The van der Waals surface area contributed by atoms with Gasteiger partial charge in [-0.1, -0.05) is 6.08 Å². The first-order valence-corrected chi connectivity index (χ1v) is 20.8. The quantitative estimate of drug-likeness (QED) is 0.0486. The van der Waals surface area contributed by atoms with Crippen molar-refractivity contribution in [3.8, 4) is 0 Å². The molecule has 3 aliphatic heterocycles. The van der Waals surface area contributed by atoms with Crippen LogP contribution in [0.15, 0.2) is 12.2 Å². The van der Waals surface area contributed by atoms with Crippen LogP contribution in [-0.2, 0) is 47.5 Å². The lowest BCUT2D eigenvalue weighted by atomic mass is 9.73. The summed E-state index contributed by atoms with van der Waals surface area (Å²) in [5, 5.41) is 114. The van der Waals surface area contributed by atoms with Gasteiger partial charge in [-0.3, -0.25) is 9.59 Å². The van der Waals surface area contributed by atoms with Crippen LogP contribution in [0, 0.1) is 17.8 Å². The first kappa shape index (κ1) is 47.0. The van der Waals surface area contributed by atoms with E-state index in [1.807, 2.05) is 0 Å². The van der Waals surface area contributed by atoms with Gasteiger partial charge in [0.1, 0.15) is 68.5 Å². The molecule has 3 saturated heterocycles. The number of carboxylic acid groups (broad SMARTS) is 1. The van der Waals surface area contributed by atoms with Gasteiger partial charge in [-0.25, -0.2) is 4.79 Å². The lowest BCUT2D eigenvalue weighted by Gasteiger charge is -2.51. The second-order valence-electron chi connectivity index (χ2n) is 17.1. The summed E-state index contributed by atoms with van der Waals surface area (Å²) in [6.07, 6.45) is -17.1. The molecule has 0 bridgehead atoms. The van der Waals surface area contributed by atoms with Crippen LogP contribution >= 0.6 is 0 Å². The Bertz CT molecular complexity index is 1460. The number of hydrogen-bond acceptors (Lipinski definition) is 20. The normalized spacial score (nSPS) is 46.3. The molecule has 3 heterocycles.